The van der Waals surface area contributed by atoms with E-state index in [1.54, 1.807) is 0 Å². The molecule has 1 aliphatic rings. The van der Waals surface area contributed by atoms with Gasteiger partial charge in [-0.2, -0.15) is 0 Å². The lowest BCUT2D eigenvalue weighted by Crippen LogP contribution is -2.11. The number of carbonyl (C=O) groups excluding carboxylic acids is 1. The Hall–Kier alpha value is -3.42. The Morgan fingerprint density at radius 3 is 2.61 bits per heavy atom. The second-order valence-corrected chi connectivity index (χ2v) is 8.76. The summed E-state index contributed by atoms with van der Waals surface area (Å²) in [5.41, 5.74) is 6.47. The summed E-state index contributed by atoms with van der Waals surface area (Å²) in [7, 11) is 1.90. The van der Waals surface area contributed by atoms with Crippen LogP contribution in [-0.2, 0) is 22.6 Å². The van der Waals surface area contributed by atoms with Crippen LogP contribution in [0.1, 0.15) is 28.7 Å². The molecule has 168 valence electrons. The molecule has 0 bridgehead atoms. The monoisotopic (exact) mass is 505 g/mol. The third kappa shape index (κ3) is 5.32. The highest BCUT2D eigenvalue weighted by Crippen LogP contribution is 2.39. The Morgan fingerprint density at radius 1 is 1.03 bits per heavy atom. The topological polar surface area (TPSA) is 90.5 Å². The summed E-state index contributed by atoms with van der Waals surface area (Å²) in [5, 5.41) is 18.7. The van der Waals surface area contributed by atoms with Crippen LogP contribution in [0.4, 0.5) is 11.4 Å². The number of nitrogens with one attached hydrogen (secondary N) is 3. The average Bonchev–Trinajstić information content (AvgIpc) is 3.11. The first-order valence-corrected chi connectivity index (χ1v) is 11.4. The summed E-state index contributed by atoms with van der Waals surface area (Å²) in [6, 6.07) is 21.4. The van der Waals surface area contributed by atoms with Crippen molar-refractivity contribution >= 4 is 50.5 Å². The van der Waals surface area contributed by atoms with E-state index in [0.717, 1.165) is 44.6 Å². The number of aryl methyl sites for hydroxylation is 1. The van der Waals surface area contributed by atoms with Gasteiger partial charge in [0, 0.05) is 28.7 Å². The van der Waals surface area contributed by atoms with Gasteiger partial charge in [-0.15, -0.1) is 0 Å². The van der Waals surface area contributed by atoms with Crippen molar-refractivity contribution < 1.29 is 14.7 Å². The zero-order valence-electron chi connectivity index (χ0n) is 18.1. The normalized spacial score (nSPS) is 13.9. The Morgan fingerprint density at radius 2 is 1.82 bits per heavy atom. The predicted octanol–water partition coefficient (Wildman–Crippen LogP) is 5.12. The summed E-state index contributed by atoms with van der Waals surface area (Å²) in [4.78, 5) is 24.2. The number of carbonyl (C=O) groups is 2. The molecule has 0 unspecified atom stereocenters. The smallest absolute Gasteiger partial charge is 0.303 e. The summed E-state index contributed by atoms with van der Waals surface area (Å²) in [6.45, 7) is 0.726. The van der Waals surface area contributed by atoms with Crippen LogP contribution in [0, 0.1) is 0 Å². The van der Waals surface area contributed by atoms with Crippen molar-refractivity contribution in [2.75, 3.05) is 17.7 Å². The molecule has 0 spiro atoms. The van der Waals surface area contributed by atoms with Gasteiger partial charge in [0.05, 0.1) is 17.0 Å². The first kappa shape index (κ1) is 22.8. The number of hydrogen-bond acceptors (Lipinski definition) is 4. The van der Waals surface area contributed by atoms with Gasteiger partial charge < -0.3 is 21.1 Å². The van der Waals surface area contributed by atoms with Crippen LogP contribution in [0.5, 0.6) is 0 Å². The minimum atomic E-state index is -0.840. The lowest BCUT2D eigenvalue weighted by Gasteiger charge is -2.16. The number of rotatable bonds is 8. The zero-order chi connectivity index (χ0) is 23.4. The summed E-state index contributed by atoms with van der Waals surface area (Å²) < 4.78 is 0.882. The number of carboxylic acids is 1. The Labute approximate surface area is 200 Å². The quantitative estimate of drug-likeness (QED) is 0.319. The number of carboxylic acid groups (broad SMARTS) is 1. The van der Waals surface area contributed by atoms with Gasteiger partial charge in [0.1, 0.15) is 0 Å². The number of anilines is 2. The van der Waals surface area contributed by atoms with Gasteiger partial charge in [0.2, 0.25) is 0 Å². The first-order chi connectivity index (χ1) is 15.9. The molecule has 0 aliphatic carbocycles. The molecule has 6 nitrogen and oxygen atoms in total. The van der Waals surface area contributed by atoms with Crippen molar-refractivity contribution in [1.29, 1.82) is 0 Å². The van der Waals surface area contributed by atoms with Gasteiger partial charge in [-0.05, 0) is 60.5 Å². The summed E-state index contributed by atoms with van der Waals surface area (Å²) in [6.07, 6.45) is 0.464. The third-order valence-corrected chi connectivity index (χ3v) is 5.89. The van der Waals surface area contributed by atoms with Crippen molar-refractivity contribution in [3.63, 3.8) is 0 Å². The SMILES string of the molecule is CNCc1cccc(NC(=C2C(=O)Nc3cc(Br)ccc32)c2cccc(CCC(=O)O)c2)c1. The molecule has 4 N–H and O–H groups in total. The van der Waals surface area contributed by atoms with Crippen LogP contribution < -0.4 is 16.0 Å². The van der Waals surface area contributed by atoms with Crippen LogP contribution in [0.2, 0.25) is 0 Å². The average molecular weight is 506 g/mol. The summed E-state index contributed by atoms with van der Waals surface area (Å²) in [5.74, 6) is -1.03. The Kier molecular flexibility index (Phi) is 6.91. The zero-order valence-corrected chi connectivity index (χ0v) is 19.7. The second kappa shape index (κ2) is 10.0. The van der Waals surface area contributed by atoms with E-state index in [1.165, 1.54) is 0 Å². The number of fused-ring (bicyclic) bond motifs is 1. The van der Waals surface area contributed by atoms with E-state index in [1.807, 2.05) is 73.8 Å². The molecule has 3 aromatic carbocycles. The highest BCUT2D eigenvalue weighted by Gasteiger charge is 2.28. The molecule has 0 radical (unpaired) electrons. The van der Waals surface area contributed by atoms with E-state index in [9.17, 15) is 9.59 Å². The molecule has 0 aromatic heterocycles. The number of benzene rings is 3. The molecule has 7 heteroatoms. The minimum absolute atomic E-state index is 0.0478. The largest absolute Gasteiger partial charge is 0.481 e. The van der Waals surface area contributed by atoms with Crippen LogP contribution in [0.25, 0.3) is 11.3 Å². The van der Waals surface area contributed by atoms with E-state index in [4.69, 9.17) is 5.11 Å². The Bertz CT molecular complexity index is 1250. The maximum Gasteiger partial charge on any atom is 0.303 e. The van der Waals surface area contributed by atoms with Crippen LogP contribution in [-0.4, -0.2) is 24.0 Å². The van der Waals surface area contributed by atoms with E-state index in [-0.39, 0.29) is 12.3 Å². The molecule has 1 amide bonds. The fourth-order valence-electron chi connectivity index (χ4n) is 3.91. The van der Waals surface area contributed by atoms with E-state index < -0.39 is 5.97 Å². The molecule has 0 saturated heterocycles. The fraction of sp³-hybridized carbons (Fsp3) is 0.154. The summed E-state index contributed by atoms with van der Waals surface area (Å²) >= 11 is 3.46. The molecule has 0 atom stereocenters. The fourth-order valence-corrected chi connectivity index (χ4v) is 4.27. The number of amides is 1. The number of hydrogen-bond donors (Lipinski definition) is 4. The van der Waals surface area contributed by atoms with Crippen LogP contribution in [0.15, 0.2) is 71.2 Å². The molecule has 33 heavy (non-hydrogen) atoms. The van der Waals surface area contributed by atoms with Crippen molar-refractivity contribution in [2.24, 2.45) is 0 Å². The lowest BCUT2D eigenvalue weighted by atomic mass is 9.97. The maximum atomic E-state index is 13.1. The minimum Gasteiger partial charge on any atom is -0.481 e. The maximum absolute atomic E-state index is 13.1. The predicted molar refractivity (Wildman–Crippen MR) is 135 cm³/mol. The van der Waals surface area contributed by atoms with Gasteiger partial charge >= 0.3 is 5.97 Å². The van der Waals surface area contributed by atoms with Gasteiger partial charge in [-0.3, -0.25) is 9.59 Å². The highest BCUT2D eigenvalue weighted by molar-refractivity contribution is 9.10. The standard InChI is InChI=1S/C26H24BrN3O3/c1-28-15-17-5-3-7-20(13-17)29-25(18-6-2-4-16(12-18)8-11-23(31)32)24-21-10-9-19(27)14-22(21)30-26(24)33/h2-7,9-10,12-14,28-29H,8,11,15H2,1H3,(H,30,33)(H,31,32). The molecule has 0 saturated carbocycles. The lowest BCUT2D eigenvalue weighted by molar-refractivity contribution is -0.137. The van der Waals surface area contributed by atoms with Crippen molar-refractivity contribution in [2.45, 2.75) is 19.4 Å². The van der Waals surface area contributed by atoms with E-state index in [0.29, 0.717) is 17.7 Å². The van der Waals surface area contributed by atoms with Gasteiger partial charge in [-0.1, -0.05) is 52.3 Å². The van der Waals surface area contributed by atoms with Crippen molar-refractivity contribution in [3.8, 4) is 0 Å². The van der Waals surface area contributed by atoms with Crippen molar-refractivity contribution in [3.05, 3.63) is 93.5 Å². The van der Waals surface area contributed by atoms with Crippen LogP contribution >= 0.6 is 15.9 Å². The highest BCUT2D eigenvalue weighted by atomic mass is 79.9. The van der Waals surface area contributed by atoms with Gasteiger partial charge in [0.25, 0.3) is 5.91 Å². The Balaban J connectivity index is 1.83. The molecule has 3 aromatic rings. The third-order valence-electron chi connectivity index (χ3n) is 5.40. The van der Waals surface area contributed by atoms with E-state index in [2.05, 4.69) is 31.9 Å². The molecule has 1 aliphatic heterocycles. The molecule has 0 fully saturated rings. The van der Waals surface area contributed by atoms with Gasteiger partial charge in [0.15, 0.2) is 0 Å². The molecular formula is C26H24BrN3O3. The molecule has 4 rings (SSSR count). The molecule has 1 heterocycles. The first-order valence-electron chi connectivity index (χ1n) is 10.6. The van der Waals surface area contributed by atoms with Crippen molar-refractivity contribution in [1.82, 2.24) is 5.32 Å². The van der Waals surface area contributed by atoms with Gasteiger partial charge in [-0.25, -0.2) is 0 Å². The number of halogens is 1. The van der Waals surface area contributed by atoms with Crippen LogP contribution in [0.3, 0.4) is 0 Å². The second-order valence-electron chi connectivity index (χ2n) is 7.84. The number of aliphatic carboxylic acids is 1. The van der Waals surface area contributed by atoms with E-state index >= 15 is 0 Å². The molecular weight excluding hydrogens is 482 g/mol.